The fraction of sp³-hybridized carbons (Fsp3) is 0.182. The smallest absolute Gasteiger partial charge is 0.0999 e. The van der Waals surface area contributed by atoms with Gasteiger partial charge in [0.2, 0.25) is 0 Å². The summed E-state index contributed by atoms with van der Waals surface area (Å²) >= 11 is 0. The second-order valence-corrected chi connectivity index (χ2v) is 3.03. The summed E-state index contributed by atoms with van der Waals surface area (Å²) in [4.78, 5) is 0. The molecule has 3 nitrogen and oxygen atoms in total. The Labute approximate surface area is 82.6 Å². The van der Waals surface area contributed by atoms with Gasteiger partial charge in [-0.15, -0.1) is 0 Å². The Balaban J connectivity index is 2.31. The van der Waals surface area contributed by atoms with Gasteiger partial charge in [0.15, 0.2) is 0 Å². The molecule has 0 aliphatic heterocycles. The minimum atomic E-state index is -0.109. The first kappa shape index (κ1) is 8.97. The van der Waals surface area contributed by atoms with E-state index < -0.39 is 0 Å². The number of aliphatic hydroxyl groups excluding tert-OH is 1. The molecule has 1 N–H and O–H groups in total. The minimum Gasteiger partial charge on any atom is -0.394 e. The zero-order valence-electron chi connectivity index (χ0n) is 7.67. The number of rotatable bonds is 3. The summed E-state index contributed by atoms with van der Waals surface area (Å²) in [6.07, 6.45) is 3.32. The Morgan fingerprint density at radius 2 is 2.14 bits per heavy atom. The average molecular weight is 187 g/mol. The van der Waals surface area contributed by atoms with Crippen molar-refractivity contribution < 1.29 is 5.11 Å². The van der Waals surface area contributed by atoms with Crippen LogP contribution in [0.25, 0.3) is 0 Å². The first-order valence-electron chi connectivity index (χ1n) is 4.48. The molecule has 0 bridgehead atoms. The largest absolute Gasteiger partial charge is 0.394 e. The first-order chi connectivity index (χ1) is 6.92. The van der Waals surface area contributed by atoms with E-state index in [4.69, 9.17) is 0 Å². The van der Waals surface area contributed by atoms with Crippen LogP contribution < -0.4 is 0 Å². The van der Waals surface area contributed by atoms with Gasteiger partial charge in [0.05, 0.1) is 18.8 Å². The average Bonchev–Trinajstić information content (AvgIpc) is 2.74. The lowest BCUT2D eigenvalue weighted by Gasteiger charge is -2.14. The maximum atomic E-state index is 9.28. The van der Waals surface area contributed by atoms with Crippen molar-refractivity contribution in [3.05, 3.63) is 54.4 Å². The van der Waals surface area contributed by atoms with Crippen molar-refractivity contribution in [2.75, 3.05) is 6.61 Å². The van der Waals surface area contributed by atoms with E-state index in [0.29, 0.717) is 0 Å². The Bertz CT molecular complexity index is 369. The van der Waals surface area contributed by atoms with Crippen LogP contribution in [0.15, 0.2) is 42.7 Å². The molecule has 0 aliphatic rings. The van der Waals surface area contributed by atoms with Crippen molar-refractivity contribution >= 4 is 0 Å². The van der Waals surface area contributed by atoms with Gasteiger partial charge in [-0.1, -0.05) is 30.3 Å². The van der Waals surface area contributed by atoms with E-state index in [1.54, 1.807) is 17.1 Å². The first-order valence-corrected chi connectivity index (χ1v) is 4.48. The van der Waals surface area contributed by atoms with Crippen molar-refractivity contribution in [3.8, 4) is 0 Å². The van der Waals surface area contributed by atoms with Crippen LogP contribution in [0.4, 0.5) is 0 Å². The number of aliphatic hydroxyl groups is 1. The molecule has 2 rings (SSSR count). The van der Waals surface area contributed by atoms with Gasteiger partial charge < -0.3 is 5.11 Å². The number of nitrogens with zero attached hydrogens (tertiary/aromatic N) is 2. The molecule has 0 spiro atoms. The molecule has 3 heteroatoms. The Morgan fingerprint density at radius 1 is 1.36 bits per heavy atom. The molecule has 0 aliphatic carbocycles. The lowest BCUT2D eigenvalue weighted by atomic mass is 10.1. The van der Waals surface area contributed by atoms with Crippen LogP contribution in [-0.2, 0) is 0 Å². The van der Waals surface area contributed by atoms with E-state index in [0.717, 1.165) is 5.56 Å². The normalized spacial score (nSPS) is 12.6. The summed E-state index contributed by atoms with van der Waals surface area (Å²) in [5.41, 5.74) is 1.05. The van der Waals surface area contributed by atoms with E-state index >= 15 is 0 Å². The highest BCUT2D eigenvalue weighted by Crippen LogP contribution is 2.15. The van der Waals surface area contributed by atoms with Gasteiger partial charge in [0.25, 0.3) is 0 Å². The molecule has 2 aromatic rings. The minimum absolute atomic E-state index is 0.0412. The summed E-state index contributed by atoms with van der Waals surface area (Å²) in [5, 5.41) is 13.3. The fourth-order valence-electron chi connectivity index (χ4n) is 1.43. The molecule has 14 heavy (non-hydrogen) atoms. The second-order valence-electron chi connectivity index (χ2n) is 3.03. The molecule has 1 heterocycles. The van der Waals surface area contributed by atoms with Crippen LogP contribution in [0.5, 0.6) is 0 Å². The second kappa shape index (κ2) is 4.07. The SMILES string of the molecule is OCC(c1ccccc1)n1c[c]cn1. The molecule has 0 fully saturated rings. The molecule has 71 valence electrons. The molecule has 1 aromatic heterocycles. The van der Waals surface area contributed by atoms with E-state index in [-0.39, 0.29) is 12.6 Å². The van der Waals surface area contributed by atoms with Gasteiger partial charge >= 0.3 is 0 Å². The topological polar surface area (TPSA) is 38.0 Å². The summed E-state index contributed by atoms with van der Waals surface area (Å²) in [6.45, 7) is 0.0412. The third-order valence-electron chi connectivity index (χ3n) is 2.15. The molecule has 0 saturated heterocycles. The molecule has 0 amide bonds. The summed E-state index contributed by atoms with van der Waals surface area (Å²) < 4.78 is 1.70. The molecule has 0 saturated carbocycles. The highest BCUT2D eigenvalue weighted by atomic mass is 16.3. The lowest BCUT2D eigenvalue weighted by Crippen LogP contribution is -2.14. The van der Waals surface area contributed by atoms with Crippen molar-refractivity contribution in [2.24, 2.45) is 0 Å². The number of hydrogen-bond acceptors (Lipinski definition) is 2. The van der Waals surface area contributed by atoms with E-state index in [2.05, 4.69) is 11.2 Å². The van der Waals surface area contributed by atoms with Crippen molar-refractivity contribution in [2.45, 2.75) is 6.04 Å². The van der Waals surface area contributed by atoms with Gasteiger partial charge in [0.1, 0.15) is 0 Å². The maximum Gasteiger partial charge on any atom is 0.0999 e. The highest BCUT2D eigenvalue weighted by Gasteiger charge is 2.11. The standard InChI is InChI=1S/C11H11N2O/c14-9-11(13-8-4-7-12-13)10-5-2-1-3-6-10/h1-3,5-8,11,14H,9H2. The molecule has 1 atom stereocenters. The van der Waals surface area contributed by atoms with Crippen LogP contribution in [0.1, 0.15) is 11.6 Å². The van der Waals surface area contributed by atoms with Crippen LogP contribution in [0.3, 0.4) is 0 Å². The van der Waals surface area contributed by atoms with Gasteiger partial charge in [0, 0.05) is 12.3 Å². The summed E-state index contributed by atoms with van der Waals surface area (Å²) in [5.74, 6) is 0. The van der Waals surface area contributed by atoms with Crippen molar-refractivity contribution in [1.82, 2.24) is 9.78 Å². The Morgan fingerprint density at radius 3 is 2.71 bits per heavy atom. The molecule has 1 unspecified atom stereocenters. The van der Waals surface area contributed by atoms with Gasteiger partial charge in [-0.3, -0.25) is 4.68 Å². The summed E-state index contributed by atoms with van der Waals surface area (Å²) in [7, 11) is 0. The quantitative estimate of drug-likeness (QED) is 0.785. The van der Waals surface area contributed by atoms with Gasteiger partial charge in [-0.25, -0.2) is 0 Å². The Hall–Kier alpha value is -1.61. The van der Waals surface area contributed by atoms with Gasteiger partial charge in [-0.05, 0) is 5.56 Å². The monoisotopic (exact) mass is 187 g/mol. The Kier molecular flexibility index (Phi) is 2.60. The third-order valence-corrected chi connectivity index (χ3v) is 2.15. The predicted octanol–water partition coefficient (Wildman–Crippen LogP) is 1.26. The number of benzene rings is 1. The van der Waals surface area contributed by atoms with Crippen LogP contribution in [0, 0.1) is 6.07 Å². The van der Waals surface area contributed by atoms with E-state index in [1.165, 1.54) is 0 Å². The molecule has 1 radical (unpaired) electrons. The zero-order valence-corrected chi connectivity index (χ0v) is 7.67. The highest BCUT2D eigenvalue weighted by molar-refractivity contribution is 5.19. The lowest BCUT2D eigenvalue weighted by molar-refractivity contribution is 0.241. The van der Waals surface area contributed by atoms with Crippen molar-refractivity contribution in [1.29, 1.82) is 0 Å². The van der Waals surface area contributed by atoms with Crippen LogP contribution >= 0.6 is 0 Å². The van der Waals surface area contributed by atoms with E-state index in [9.17, 15) is 5.11 Å². The predicted molar refractivity (Wildman–Crippen MR) is 52.7 cm³/mol. The molecular weight excluding hydrogens is 176 g/mol. The van der Waals surface area contributed by atoms with Crippen LogP contribution in [0.2, 0.25) is 0 Å². The van der Waals surface area contributed by atoms with Gasteiger partial charge in [-0.2, -0.15) is 5.10 Å². The number of aromatic nitrogens is 2. The van der Waals surface area contributed by atoms with Crippen LogP contribution in [-0.4, -0.2) is 21.5 Å². The van der Waals surface area contributed by atoms with Crippen molar-refractivity contribution in [3.63, 3.8) is 0 Å². The summed E-state index contributed by atoms with van der Waals surface area (Å²) in [6, 6.07) is 12.5. The molecule has 1 aromatic carbocycles. The third kappa shape index (κ3) is 1.67. The fourth-order valence-corrected chi connectivity index (χ4v) is 1.43. The number of hydrogen-bond donors (Lipinski definition) is 1. The maximum absolute atomic E-state index is 9.28. The van der Waals surface area contributed by atoms with E-state index in [1.807, 2.05) is 30.3 Å². The molecular formula is C11H11N2O. The zero-order chi connectivity index (χ0) is 9.80.